The summed E-state index contributed by atoms with van der Waals surface area (Å²) >= 11 is 0. The number of rotatable bonds is 7. The van der Waals surface area contributed by atoms with Crippen LogP contribution in [0.4, 0.5) is 5.82 Å². The molecule has 0 saturated heterocycles. The topological polar surface area (TPSA) is 47.0 Å². The van der Waals surface area contributed by atoms with Crippen molar-refractivity contribution in [2.24, 2.45) is 5.92 Å². The number of aromatic nitrogens is 2. The number of nitrogens with one attached hydrogen (secondary N) is 1. The molecule has 0 radical (unpaired) electrons. The molecule has 1 heterocycles. The average Bonchev–Trinajstić information content (AvgIpc) is 2.51. The Balaban J connectivity index is 2.16. The first-order valence-electron chi connectivity index (χ1n) is 8.05. The molecule has 0 bridgehead atoms. The molecule has 1 N–H and O–H groups in total. The van der Waals surface area contributed by atoms with Crippen molar-refractivity contribution in [3.8, 4) is 5.88 Å². The minimum absolute atomic E-state index is 0.477. The molecule has 1 aliphatic rings. The van der Waals surface area contributed by atoms with Gasteiger partial charge in [0.15, 0.2) is 0 Å². The van der Waals surface area contributed by atoms with E-state index in [1.807, 2.05) is 12.1 Å². The first-order valence-corrected chi connectivity index (χ1v) is 8.05. The third-order valence-corrected chi connectivity index (χ3v) is 3.68. The van der Waals surface area contributed by atoms with Gasteiger partial charge in [0.2, 0.25) is 5.88 Å². The molecule has 1 fully saturated rings. The predicted molar refractivity (Wildman–Crippen MR) is 86.9 cm³/mol. The first-order chi connectivity index (χ1) is 10.2. The number of hydrogen-bond donors (Lipinski definition) is 1. The Morgan fingerprint density at radius 1 is 1.33 bits per heavy atom. The van der Waals surface area contributed by atoms with E-state index in [-0.39, 0.29) is 0 Å². The summed E-state index contributed by atoms with van der Waals surface area (Å²) in [6, 6.07) is 1.89. The molecule has 4 nitrogen and oxygen atoms in total. The van der Waals surface area contributed by atoms with Gasteiger partial charge >= 0.3 is 0 Å². The molecule has 116 valence electrons. The molecule has 1 saturated carbocycles. The van der Waals surface area contributed by atoms with E-state index in [0.29, 0.717) is 30.9 Å². The Kier molecular flexibility index (Phi) is 6.03. The van der Waals surface area contributed by atoms with Gasteiger partial charge in [0, 0.05) is 18.5 Å². The standard InChI is InChI=1S/C17H27N3O/c1-4-10-18-15-11-16(21-12-13(2)3)20-17(19-15)14-8-6-5-7-9-14/h4,11,13-14H,1,5-10,12H2,2-3H3,(H,18,19,20). The van der Waals surface area contributed by atoms with Gasteiger partial charge in [-0.3, -0.25) is 0 Å². The summed E-state index contributed by atoms with van der Waals surface area (Å²) in [7, 11) is 0. The van der Waals surface area contributed by atoms with Gasteiger partial charge in [-0.05, 0) is 18.8 Å². The van der Waals surface area contributed by atoms with Gasteiger partial charge in [-0.15, -0.1) is 6.58 Å². The zero-order valence-corrected chi connectivity index (χ0v) is 13.3. The molecule has 0 aromatic carbocycles. The molecular formula is C17H27N3O. The lowest BCUT2D eigenvalue weighted by molar-refractivity contribution is 0.259. The van der Waals surface area contributed by atoms with Gasteiger partial charge in [0.1, 0.15) is 11.6 Å². The predicted octanol–water partition coefficient (Wildman–Crippen LogP) is 4.16. The molecule has 0 amide bonds. The molecule has 0 aliphatic heterocycles. The summed E-state index contributed by atoms with van der Waals surface area (Å²) in [5, 5.41) is 3.25. The second kappa shape index (κ2) is 8.01. The lowest BCUT2D eigenvalue weighted by atomic mass is 9.89. The smallest absolute Gasteiger partial charge is 0.218 e. The first kappa shape index (κ1) is 15.8. The van der Waals surface area contributed by atoms with Gasteiger partial charge in [-0.2, -0.15) is 4.98 Å². The van der Waals surface area contributed by atoms with Crippen molar-refractivity contribution in [1.82, 2.24) is 9.97 Å². The quantitative estimate of drug-likeness (QED) is 0.766. The Morgan fingerprint density at radius 2 is 2.10 bits per heavy atom. The van der Waals surface area contributed by atoms with Crippen LogP contribution in [0.15, 0.2) is 18.7 Å². The maximum Gasteiger partial charge on any atom is 0.218 e. The molecule has 0 unspecified atom stereocenters. The van der Waals surface area contributed by atoms with Crippen LogP contribution in [0.5, 0.6) is 5.88 Å². The molecule has 1 aromatic rings. The van der Waals surface area contributed by atoms with Crippen molar-refractivity contribution < 1.29 is 4.74 Å². The molecule has 0 spiro atoms. The molecule has 1 aliphatic carbocycles. The maximum atomic E-state index is 5.80. The normalized spacial score (nSPS) is 16.0. The van der Waals surface area contributed by atoms with Crippen molar-refractivity contribution in [3.05, 3.63) is 24.5 Å². The zero-order valence-electron chi connectivity index (χ0n) is 13.3. The van der Waals surface area contributed by atoms with Crippen LogP contribution in [0, 0.1) is 5.92 Å². The Bertz CT molecular complexity index is 453. The fourth-order valence-electron chi connectivity index (χ4n) is 2.58. The van der Waals surface area contributed by atoms with Crippen LogP contribution in [0.25, 0.3) is 0 Å². The van der Waals surface area contributed by atoms with Gasteiger partial charge in [-0.1, -0.05) is 39.2 Å². The highest BCUT2D eigenvalue weighted by Gasteiger charge is 2.19. The van der Waals surface area contributed by atoms with Gasteiger partial charge in [0.25, 0.3) is 0 Å². The monoisotopic (exact) mass is 289 g/mol. The molecule has 4 heteroatoms. The van der Waals surface area contributed by atoms with Crippen LogP contribution >= 0.6 is 0 Å². The van der Waals surface area contributed by atoms with Crippen LogP contribution in [0.3, 0.4) is 0 Å². The zero-order chi connectivity index (χ0) is 15.1. The molecule has 0 atom stereocenters. The van der Waals surface area contributed by atoms with E-state index in [2.05, 4.69) is 35.7 Å². The summed E-state index contributed by atoms with van der Waals surface area (Å²) in [5.41, 5.74) is 0. The minimum atomic E-state index is 0.477. The largest absolute Gasteiger partial charge is 0.477 e. The fraction of sp³-hybridized carbons (Fsp3) is 0.647. The van der Waals surface area contributed by atoms with E-state index in [0.717, 1.165) is 11.6 Å². The molecular weight excluding hydrogens is 262 g/mol. The highest BCUT2D eigenvalue weighted by atomic mass is 16.5. The fourth-order valence-corrected chi connectivity index (χ4v) is 2.58. The van der Waals surface area contributed by atoms with Gasteiger partial charge < -0.3 is 10.1 Å². The van der Waals surface area contributed by atoms with E-state index in [4.69, 9.17) is 4.74 Å². The van der Waals surface area contributed by atoms with E-state index in [1.165, 1.54) is 32.1 Å². The third kappa shape index (κ3) is 5.03. The lowest BCUT2D eigenvalue weighted by Crippen LogP contribution is -2.13. The summed E-state index contributed by atoms with van der Waals surface area (Å²) in [5.74, 6) is 3.42. The summed E-state index contributed by atoms with van der Waals surface area (Å²) in [6.07, 6.45) is 8.10. The van der Waals surface area contributed by atoms with Crippen LogP contribution in [0.1, 0.15) is 57.7 Å². The van der Waals surface area contributed by atoms with Gasteiger partial charge in [0.05, 0.1) is 6.61 Å². The second-order valence-corrected chi connectivity index (χ2v) is 6.16. The number of anilines is 1. The maximum absolute atomic E-state index is 5.80. The van der Waals surface area contributed by atoms with Crippen LogP contribution in [-0.2, 0) is 0 Å². The number of hydrogen-bond acceptors (Lipinski definition) is 4. The summed E-state index contributed by atoms with van der Waals surface area (Å²) < 4.78 is 5.80. The van der Waals surface area contributed by atoms with Crippen molar-refractivity contribution >= 4 is 5.82 Å². The third-order valence-electron chi connectivity index (χ3n) is 3.68. The van der Waals surface area contributed by atoms with Gasteiger partial charge in [-0.25, -0.2) is 4.98 Å². The van der Waals surface area contributed by atoms with E-state index >= 15 is 0 Å². The Hall–Kier alpha value is -1.58. The molecule has 2 rings (SSSR count). The van der Waals surface area contributed by atoms with Crippen LogP contribution in [-0.4, -0.2) is 23.1 Å². The number of nitrogens with zero attached hydrogens (tertiary/aromatic N) is 2. The number of ether oxygens (including phenoxy) is 1. The average molecular weight is 289 g/mol. The lowest BCUT2D eigenvalue weighted by Gasteiger charge is -2.21. The Morgan fingerprint density at radius 3 is 2.76 bits per heavy atom. The van der Waals surface area contributed by atoms with Crippen molar-refractivity contribution in [2.45, 2.75) is 51.9 Å². The van der Waals surface area contributed by atoms with Crippen LogP contribution < -0.4 is 10.1 Å². The SMILES string of the molecule is C=CCNc1cc(OCC(C)C)nc(C2CCCCC2)n1. The second-order valence-electron chi connectivity index (χ2n) is 6.16. The van der Waals surface area contributed by atoms with E-state index in [1.54, 1.807) is 0 Å². The minimum Gasteiger partial charge on any atom is -0.477 e. The highest BCUT2D eigenvalue weighted by molar-refractivity contribution is 5.39. The van der Waals surface area contributed by atoms with E-state index in [9.17, 15) is 0 Å². The van der Waals surface area contributed by atoms with Crippen molar-refractivity contribution in [1.29, 1.82) is 0 Å². The molecule has 1 aromatic heterocycles. The molecule has 21 heavy (non-hydrogen) atoms. The summed E-state index contributed by atoms with van der Waals surface area (Å²) in [6.45, 7) is 9.39. The Labute approximate surface area is 128 Å². The van der Waals surface area contributed by atoms with Crippen molar-refractivity contribution in [2.75, 3.05) is 18.5 Å². The van der Waals surface area contributed by atoms with E-state index < -0.39 is 0 Å². The van der Waals surface area contributed by atoms with Crippen LogP contribution in [0.2, 0.25) is 0 Å². The highest BCUT2D eigenvalue weighted by Crippen LogP contribution is 2.32. The van der Waals surface area contributed by atoms with Crippen molar-refractivity contribution in [3.63, 3.8) is 0 Å². The summed E-state index contributed by atoms with van der Waals surface area (Å²) in [4.78, 5) is 9.31.